The summed E-state index contributed by atoms with van der Waals surface area (Å²) in [5.41, 5.74) is 1.74. The maximum absolute atomic E-state index is 12.1. The van der Waals surface area contributed by atoms with Crippen molar-refractivity contribution >= 4 is 17.0 Å². The zero-order valence-electron chi connectivity index (χ0n) is 14.1. The summed E-state index contributed by atoms with van der Waals surface area (Å²) in [5.74, 6) is 0.415. The number of hydrogen-bond donors (Lipinski definition) is 0. The summed E-state index contributed by atoms with van der Waals surface area (Å²) in [5, 5.41) is 1.17. The van der Waals surface area contributed by atoms with Gasteiger partial charge in [0.1, 0.15) is 5.60 Å². The second kappa shape index (κ2) is 6.19. The lowest BCUT2D eigenvalue weighted by atomic mass is 9.93. The van der Waals surface area contributed by atoms with Gasteiger partial charge in [-0.15, -0.1) is 0 Å². The summed E-state index contributed by atoms with van der Waals surface area (Å²) in [6.45, 7) is 7.16. The molecule has 0 radical (unpaired) electrons. The lowest BCUT2D eigenvalue weighted by Crippen LogP contribution is -2.41. The van der Waals surface area contributed by atoms with Crippen molar-refractivity contribution in [2.24, 2.45) is 0 Å². The molecule has 0 saturated carbocycles. The third-order valence-electron chi connectivity index (χ3n) is 4.18. The van der Waals surface area contributed by atoms with Crippen molar-refractivity contribution < 1.29 is 9.53 Å². The van der Waals surface area contributed by atoms with Gasteiger partial charge in [0.2, 0.25) is 0 Å². The lowest BCUT2D eigenvalue weighted by Gasteiger charge is -2.33. The van der Waals surface area contributed by atoms with E-state index in [0.717, 1.165) is 37.1 Å². The SMILES string of the molecule is CC(C)(C)OC(=O)N1CCC(c2ccc3ccccc3n2)CC1. The molecule has 1 amide bonds. The van der Waals surface area contributed by atoms with Gasteiger partial charge >= 0.3 is 6.09 Å². The number of ether oxygens (including phenoxy) is 1. The van der Waals surface area contributed by atoms with E-state index in [1.807, 2.05) is 37.8 Å². The van der Waals surface area contributed by atoms with Gasteiger partial charge in [-0.05, 0) is 45.7 Å². The van der Waals surface area contributed by atoms with Crippen molar-refractivity contribution in [3.05, 3.63) is 42.1 Å². The van der Waals surface area contributed by atoms with Crippen LogP contribution in [0.25, 0.3) is 10.9 Å². The van der Waals surface area contributed by atoms with Crippen LogP contribution in [0.15, 0.2) is 36.4 Å². The Kier molecular flexibility index (Phi) is 4.24. The predicted octanol–water partition coefficient (Wildman–Crippen LogP) is 4.35. The number of rotatable bonds is 1. The van der Waals surface area contributed by atoms with Gasteiger partial charge in [-0.3, -0.25) is 4.98 Å². The highest BCUT2D eigenvalue weighted by molar-refractivity contribution is 5.78. The summed E-state index contributed by atoms with van der Waals surface area (Å²) >= 11 is 0. The van der Waals surface area contributed by atoms with Crippen molar-refractivity contribution in [3.63, 3.8) is 0 Å². The monoisotopic (exact) mass is 312 g/mol. The molecule has 0 spiro atoms. The van der Waals surface area contributed by atoms with Gasteiger partial charge in [-0.1, -0.05) is 24.3 Å². The number of likely N-dealkylation sites (tertiary alicyclic amines) is 1. The maximum Gasteiger partial charge on any atom is 0.410 e. The number of aromatic nitrogens is 1. The molecular weight excluding hydrogens is 288 g/mol. The van der Waals surface area contributed by atoms with E-state index in [2.05, 4.69) is 24.3 Å². The number of hydrogen-bond acceptors (Lipinski definition) is 3. The van der Waals surface area contributed by atoms with Crippen molar-refractivity contribution in [2.75, 3.05) is 13.1 Å². The fourth-order valence-electron chi connectivity index (χ4n) is 2.99. The van der Waals surface area contributed by atoms with E-state index in [0.29, 0.717) is 5.92 Å². The first-order chi connectivity index (χ1) is 10.9. The number of nitrogens with zero attached hydrogens (tertiary/aromatic N) is 2. The minimum atomic E-state index is -0.437. The normalized spacial score (nSPS) is 16.6. The Bertz CT molecular complexity index is 698. The summed E-state index contributed by atoms with van der Waals surface area (Å²) in [6, 6.07) is 12.4. The molecule has 0 unspecified atom stereocenters. The molecule has 122 valence electrons. The number of carbonyl (C=O) groups is 1. The third-order valence-corrected chi connectivity index (χ3v) is 4.18. The molecule has 1 aromatic heterocycles. The zero-order valence-corrected chi connectivity index (χ0v) is 14.1. The van der Waals surface area contributed by atoms with Crippen molar-refractivity contribution in [2.45, 2.75) is 45.1 Å². The Morgan fingerprint density at radius 1 is 1.13 bits per heavy atom. The average molecular weight is 312 g/mol. The quantitative estimate of drug-likeness (QED) is 0.786. The Labute approximate surface area is 137 Å². The van der Waals surface area contributed by atoms with Gasteiger partial charge in [0, 0.05) is 30.1 Å². The first-order valence-corrected chi connectivity index (χ1v) is 8.26. The van der Waals surface area contributed by atoms with Crippen molar-refractivity contribution in [1.29, 1.82) is 0 Å². The van der Waals surface area contributed by atoms with Crippen LogP contribution in [0, 0.1) is 0 Å². The van der Waals surface area contributed by atoms with Crippen LogP contribution in [0.1, 0.15) is 45.2 Å². The molecule has 1 aromatic carbocycles. The molecule has 1 saturated heterocycles. The van der Waals surface area contributed by atoms with Gasteiger partial charge in [0.25, 0.3) is 0 Å². The molecule has 4 nitrogen and oxygen atoms in total. The van der Waals surface area contributed by atoms with Crippen LogP contribution in [-0.4, -0.2) is 34.7 Å². The number of fused-ring (bicyclic) bond motifs is 1. The Morgan fingerprint density at radius 3 is 2.52 bits per heavy atom. The Hall–Kier alpha value is -2.10. The summed E-state index contributed by atoms with van der Waals surface area (Å²) in [6.07, 6.45) is 1.66. The van der Waals surface area contributed by atoms with Crippen LogP contribution in [0.4, 0.5) is 4.79 Å². The van der Waals surface area contributed by atoms with Gasteiger partial charge in [0.15, 0.2) is 0 Å². The van der Waals surface area contributed by atoms with Crippen LogP contribution in [0.2, 0.25) is 0 Å². The molecule has 2 heterocycles. The van der Waals surface area contributed by atoms with Gasteiger partial charge in [0.05, 0.1) is 5.52 Å². The average Bonchev–Trinajstić information content (AvgIpc) is 2.53. The van der Waals surface area contributed by atoms with E-state index in [-0.39, 0.29) is 6.09 Å². The van der Waals surface area contributed by atoms with E-state index in [4.69, 9.17) is 9.72 Å². The molecule has 0 atom stereocenters. The van der Waals surface area contributed by atoms with Crippen molar-refractivity contribution in [1.82, 2.24) is 9.88 Å². The molecule has 1 aliphatic heterocycles. The number of para-hydroxylation sites is 1. The molecular formula is C19H24N2O2. The fourth-order valence-corrected chi connectivity index (χ4v) is 2.99. The number of benzene rings is 1. The molecule has 0 aliphatic carbocycles. The van der Waals surface area contributed by atoms with E-state index in [9.17, 15) is 4.79 Å². The minimum Gasteiger partial charge on any atom is -0.444 e. The predicted molar refractivity (Wildman–Crippen MR) is 91.5 cm³/mol. The summed E-state index contributed by atoms with van der Waals surface area (Å²) in [7, 11) is 0. The Morgan fingerprint density at radius 2 is 1.83 bits per heavy atom. The highest BCUT2D eigenvalue weighted by Gasteiger charge is 2.27. The van der Waals surface area contributed by atoms with Gasteiger partial charge < -0.3 is 9.64 Å². The van der Waals surface area contributed by atoms with E-state index < -0.39 is 5.60 Å². The number of carbonyl (C=O) groups excluding carboxylic acids is 1. The summed E-state index contributed by atoms with van der Waals surface area (Å²) in [4.78, 5) is 18.7. The van der Waals surface area contributed by atoms with Crippen molar-refractivity contribution in [3.8, 4) is 0 Å². The van der Waals surface area contributed by atoms with E-state index in [1.54, 1.807) is 0 Å². The van der Waals surface area contributed by atoms with E-state index >= 15 is 0 Å². The van der Waals surface area contributed by atoms with Gasteiger partial charge in [-0.2, -0.15) is 0 Å². The second-order valence-corrected chi connectivity index (χ2v) is 7.17. The molecule has 4 heteroatoms. The second-order valence-electron chi connectivity index (χ2n) is 7.17. The molecule has 2 aromatic rings. The minimum absolute atomic E-state index is 0.206. The molecule has 0 bridgehead atoms. The van der Waals surface area contributed by atoms with Crippen LogP contribution >= 0.6 is 0 Å². The summed E-state index contributed by atoms with van der Waals surface area (Å²) < 4.78 is 5.45. The van der Waals surface area contributed by atoms with Crippen LogP contribution in [-0.2, 0) is 4.74 Å². The molecule has 23 heavy (non-hydrogen) atoms. The largest absolute Gasteiger partial charge is 0.444 e. The number of piperidine rings is 1. The Balaban J connectivity index is 1.65. The third kappa shape index (κ3) is 3.81. The topological polar surface area (TPSA) is 42.4 Å². The first kappa shape index (κ1) is 15.8. The lowest BCUT2D eigenvalue weighted by molar-refractivity contribution is 0.0204. The van der Waals surface area contributed by atoms with Crippen LogP contribution in [0.3, 0.4) is 0 Å². The first-order valence-electron chi connectivity index (χ1n) is 8.26. The van der Waals surface area contributed by atoms with E-state index in [1.165, 1.54) is 5.39 Å². The van der Waals surface area contributed by atoms with Crippen LogP contribution < -0.4 is 0 Å². The maximum atomic E-state index is 12.1. The number of amides is 1. The molecule has 1 fully saturated rings. The fraction of sp³-hybridized carbons (Fsp3) is 0.474. The van der Waals surface area contributed by atoms with Gasteiger partial charge in [-0.25, -0.2) is 4.79 Å². The van der Waals surface area contributed by atoms with Crippen LogP contribution in [0.5, 0.6) is 0 Å². The molecule has 1 aliphatic rings. The molecule has 0 N–H and O–H groups in total. The molecule has 3 rings (SSSR count). The zero-order chi connectivity index (χ0) is 16.4. The highest BCUT2D eigenvalue weighted by atomic mass is 16.6. The smallest absolute Gasteiger partial charge is 0.410 e. The standard InChI is InChI=1S/C19H24N2O2/c1-19(2,3)23-18(22)21-12-10-15(11-13-21)17-9-8-14-6-4-5-7-16(14)20-17/h4-9,15H,10-13H2,1-3H3. The number of pyridine rings is 1. The highest BCUT2D eigenvalue weighted by Crippen LogP contribution is 2.28.